The minimum atomic E-state index is -0.390. The molecule has 1 aliphatic rings. The highest BCUT2D eigenvalue weighted by molar-refractivity contribution is 9.11. The summed E-state index contributed by atoms with van der Waals surface area (Å²) in [6.07, 6.45) is 3.37. The predicted molar refractivity (Wildman–Crippen MR) is 75.0 cm³/mol. The summed E-state index contributed by atoms with van der Waals surface area (Å²) in [5.41, 5.74) is 0.941. The Hall–Kier alpha value is -1.42. The molecule has 1 aromatic carbocycles. The Labute approximate surface area is 114 Å². The Kier molecular flexibility index (Phi) is 3.39. The molecule has 0 amide bonds. The number of nitrogens with zero attached hydrogens (tertiary/aromatic N) is 1. The molecular formula is C14H14BrNO2. The largest absolute Gasteiger partial charge is 0.259 e. The van der Waals surface area contributed by atoms with Crippen LogP contribution in [-0.4, -0.2) is 4.92 Å². The fraction of sp³-hybridized carbons (Fsp3) is 0.286. The van der Waals surface area contributed by atoms with Gasteiger partial charge in [0.05, 0.1) is 10.8 Å². The van der Waals surface area contributed by atoms with Gasteiger partial charge in [-0.3, -0.25) is 10.1 Å². The molecule has 2 rings (SSSR count). The van der Waals surface area contributed by atoms with E-state index in [4.69, 9.17) is 0 Å². The van der Waals surface area contributed by atoms with Crippen LogP contribution in [0.4, 0.5) is 0 Å². The average Bonchev–Trinajstić information content (AvgIpc) is 2.36. The molecule has 3 nitrogen and oxygen atoms in total. The van der Waals surface area contributed by atoms with Crippen LogP contribution < -0.4 is 0 Å². The van der Waals surface area contributed by atoms with E-state index in [1.165, 1.54) is 0 Å². The molecule has 0 spiro atoms. The van der Waals surface area contributed by atoms with Crippen LogP contribution >= 0.6 is 15.9 Å². The van der Waals surface area contributed by atoms with Gasteiger partial charge in [-0.25, -0.2) is 0 Å². The van der Waals surface area contributed by atoms with E-state index in [2.05, 4.69) is 15.9 Å². The van der Waals surface area contributed by atoms with Crippen molar-refractivity contribution in [3.05, 3.63) is 68.3 Å². The number of hydrogen-bond donors (Lipinski definition) is 0. The van der Waals surface area contributed by atoms with Crippen molar-refractivity contribution in [2.75, 3.05) is 0 Å². The van der Waals surface area contributed by atoms with Crippen molar-refractivity contribution < 1.29 is 4.92 Å². The number of halogens is 1. The zero-order chi connectivity index (χ0) is 13.3. The fourth-order valence-corrected chi connectivity index (χ4v) is 3.07. The first-order valence-electron chi connectivity index (χ1n) is 5.75. The molecule has 2 atom stereocenters. The topological polar surface area (TPSA) is 43.1 Å². The Morgan fingerprint density at radius 2 is 1.89 bits per heavy atom. The van der Waals surface area contributed by atoms with E-state index in [0.29, 0.717) is 0 Å². The molecule has 1 aromatic rings. The van der Waals surface area contributed by atoms with Gasteiger partial charge in [0.25, 0.3) is 0 Å². The number of rotatable bonds is 2. The van der Waals surface area contributed by atoms with Crippen LogP contribution in [-0.2, 0) is 5.41 Å². The normalized spacial score (nSPS) is 27.4. The molecule has 1 aliphatic carbocycles. The van der Waals surface area contributed by atoms with Crippen LogP contribution in [0.2, 0.25) is 0 Å². The monoisotopic (exact) mass is 307 g/mol. The molecule has 0 aliphatic heterocycles. The number of hydrogen-bond acceptors (Lipinski definition) is 2. The second-order valence-electron chi connectivity index (χ2n) is 4.65. The summed E-state index contributed by atoms with van der Waals surface area (Å²) in [6.45, 7) is 3.93. The van der Waals surface area contributed by atoms with Gasteiger partial charge in [-0.1, -0.05) is 60.1 Å². The maximum atomic E-state index is 11.1. The van der Waals surface area contributed by atoms with E-state index in [1.807, 2.05) is 44.2 Å². The van der Waals surface area contributed by atoms with Gasteiger partial charge in [-0.2, -0.15) is 0 Å². The van der Waals surface area contributed by atoms with Crippen LogP contribution in [0.3, 0.4) is 0 Å². The first-order valence-corrected chi connectivity index (χ1v) is 6.55. The molecule has 0 radical (unpaired) electrons. The molecule has 94 valence electrons. The minimum Gasteiger partial charge on any atom is -0.259 e. The summed E-state index contributed by atoms with van der Waals surface area (Å²) in [4.78, 5) is 10.8. The zero-order valence-corrected chi connectivity index (χ0v) is 11.8. The van der Waals surface area contributed by atoms with Gasteiger partial charge >= 0.3 is 0 Å². The molecule has 0 bridgehead atoms. The Bertz CT molecular complexity index is 536. The van der Waals surface area contributed by atoms with Crippen molar-refractivity contribution in [2.45, 2.75) is 19.3 Å². The SMILES string of the molecule is CC1C([N+](=O)[O-])=CC=C(Br)C1(C)c1ccccc1. The summed E-state index contributed by atoms with van der Waals surface area (Å²) < 4.78 is 0.972. The molecule has 0 heterocycles. The van der Waals surface area contributed by atoms with Crippen molar-refractivity contribution in [1.29, 1.82) is 0 Å². The Morgan fingerprint density at radius 3 is 2.44 bits per heavy atom. The summed E-state index contributed by atoms with van der Waals surface area (Å²) in [6, 6.07) is 9.88. The second-order valence-corrected chi connectivity index (χ2v) is 5.51. The third-order valence-corrected chi connectivity index (χ3v) is 4.88. The molecular weight excluding hydrogens is 294 g/mol. The van der Waals surface area contributed by atoms with E-state index in [0.717, 1.165) is 10.0 Å². The van der Waals surface area contributed by atoms with Crippen molar-refractivity contribution in [3.8, 4) is 0 Å². The highest BCUT2D eigenvalue weighted by Gasteiger charge is 2.44. The molecule has 4 heteroatoms. The highest BCUT2D eigenvalue weighted by atomic mass is 79.9. The molecule has 0 saturated carbocycles. The standard InChI is InChI=1S/C14H14BrNO2/c1-10-12(16(17)18)8-9-13(15)14(10,2)11-6-4-3-5-7-11/h3-10H,1-2H3. The maximum absolute atomic E-state index is 11.1. The first kappa shape index (κ1) is 13.0. The molecule has 18 heavy (non-hydrogen) atoms. The van der Waals surface area contributed by atoms with Crippen molar-refractivity contribution >= 4 is 15.9 Å². The molecule has 0 N–H and O–H groups in total. The minimum absolute atomic E-state index is 0.186. The quantitative estimate of drug-likeness (QED) is 0.611. The van der Waals surface area contributed by atoms with Gasteiger partial charge in [-0.05, 0) is 11.6 Å². The van der Waals surface area contributed by atoms with Gasteiger partial charge in [0.2, 0.25) is 5.70 Å². The van der Waals surface area contributed by atoms with Gasteiger partial charge in [-0.15, -0.1) is 0 Å². The van der Waals surface area contributed by atoms with E-state index >= 15 is 0 Å². The van der Waals surface area contributed by atoms with Gasteiger partial charge in [0.1, 0.15) is 0 Å². The van der Waals surface area contributed by atoms with Crippen LogP contribution in [0.15, 0.2) is 52.7 Å². The summed E-state index contributed by atoms with van der Waals surface area (Å²) >= 11 is 3.56. The van der Waals surface area contributed by atoms with Gasteiger partial charge < -0.3 is 0 Å². The molecule has 0 saturated heterocycles. The summed E-state index contributed by atoms with van der Waals surface area (Å²) in [5, 5.41) is 11.1. The second kappa shape index (κ2) is 4.69. The van der Waals surface area contributed by atoms with E-state index in [-0.39, 0.29) is 16.5 Å². The molecule has 2 unspecified atom stereocenters. The highest BCUT2D eigenvalue weighted by Crippen LogP contribution is 2.47. The lowest BCUT2D eigenvalue weighted by molar-refractivity contribution is -0.435. The van der Waals surface area contributed by atoms with Crippen LogP contribution in [0.1, 0.15) is 19.4 Å². The summed E-state index contributed by atoms with van der Waals surface area (Å²) in [5.74, 6) is -0.186. The average molecular weight is 308 g/mol. The maximum Gasteiger partial charge on any atom is 0.250 e. The van der Waals surface area contributed by atoms with Crippen LogP contribution in [0.25, 0.3) is 0 Å². The lowest BCUT2D eigenvalue weighted by atomic mass is 9.69. The van der Waals surface area contributed by atoms with E-state index in [1.54, 1.807) is 12.2 Å². The lowest BCUT2D eigenvalue weighted by Gasteiger charge is -2.36. The van der Waals surface area contributed by atoms with Crippen molar-refractivity contribution in [3.63, 3.8) is 0 Å². The van der Waals surface area contributed by atoms with E-state index in [9.17, 15) is 10.1 Å². The Morgan fingerprint density at radius 1 is 1.28 bits per heavy atom. The Balaban J connectivity index is 2.55. The zero-order valence-electron chi connectivity index (χ0n) is 10.3. The van der Waals surface area contributed by atoms with Crippen LogP contribution in [0, 0.1) is 16.0 Å². The molecule has 0 fully saturated rings. The third kappa shape index (κ3) is 1.90. The van der Waals surface area contributed by atoms with Crippen molar-refractivity contribution in [2.24, 2.45) is 5.92 Å². The molecule has 0 aromatic heterocycles. The number of nitro groups is 1. The van der Waals surface area contributed by atoms with Gasteiger partial charge in [0.15, 0.2) is 0 Å². The van der Waals surface area contributed by atoms with Gasteiger partial charge in [0, 0.05) is 16.0 Å². The smallest absolute Gasteiger partial charge is 0.250 e. The summed E-state index contributed by atoms with van der Waals surface area (Å²) in [7, 11) is 0. The first-order chi connectivity index (χ1) is 8.48. The van der Waals surface area contributed by atoms with E-state index < -0.39 is 5.41 Å². The predicted octanol–water partition coefficient (Wildman–Crippen LogP) is 4.03. The third-order valence-electron chi connectivity index (χ3n) is 3.79. The fourth-order valence-electron chi connectivity index (χ4n) is 2.37. The van der Waals surface area contributed by atoms with Crippen molar-refractivity contribution in [1.82, 2.24) is 0 Å². The lowest BCUT2D eigenvalue weighted by Crippen LogP contribution is -2.35. The number of allylic oxidation sites excluding steroid dienone is 4. The van der Waals surface area contributed by atoms with Crippen LogP contribution in [0.5, 0.6) is 0 Å². The number of benzene rings is 1.